The van der Waals surface area contributed by atoms with E-state index in [1.807, 2.05) is 0 Å². The maximum absolute atomic E-state index is 2.69. The number of hydrogen-bond donors (Lipinski definition) is 0. The summed E-state index contributed by atoms with van der Waals surface area (Å²) in [6.07, 6.45) is 7.24. The van der Waals surface area contributed by atoms with Crippen LogP contribution in [-0.4, -0.2) is 17.9 Å². The molecule has 6 aromatic carbocycles. The van der Waals surface area contributed by atoms with Crippen LogP contribution in [0.3, 0.4) is 0 Å². The van der Waals surface area contributed by atoms with E-state index in [-0.39, 0.29) is 0 Å². The molecule has 214 valence electrons. The molecule has 0 N–H and O–H groups in total. The molecule has 0 fully saturated rings. The maximum Gasteiger partial charge on any atom is 0.156 e. The second-order valence-corrected chi connectivity index (χ2v) is 17.2. The summed E-state index contributed by atoms with van der Waals surface area (Å²) >= 11 is 2.05. The van der Waals surface area contributed by atoms with Crippen molar-refractivity contribution in [2.24, 2.45) is 0 Å². The third kappa shape index (κ3) is 4.01. The fraction of sp³-hybridized carbons (Fsp3) is 0.0476. The number of benzene rings is 6. The Morgan fingerprint density at radius 3 is 1.80 bits per heavy atom. The van der Waals surface area contributed by atoms with Crippen LogP contribution in [0.25, 0.3) is 33.1 Å². The Kier molecular flexibility index (Phi) is 6.29. The zero-order valence-corrected chi connectivity index (χ0v) is 26.6. The minimum atomic E-state index is -2.69. The van der Waals surface area contributed by atoms with Gasteiger partial charge in [0.25, 0.3) is 0 Å². The van der Waals surface area contributed by atoms with Crippen molar-refractivity contribution < 1.29 is 0 Å². The van der Waals surface area contributed by atoms with E-state index in [4.69, 9.17) is 0 Å². The zero-order chi connectivity index (χ0) is 29.8. The average Bonchev–Trinajstić information content (AvgIpc) is 3.66. The quantitative estimate of drug-likeness (QED) is 0.140. The Morgan fingerprint density at radius 2 is 1.11 bits per heavy atom. The van der Waals surface area contributed by atoms with Gasteiger partial charge in [-0.3, -0.25) is 0 Å². The zero-order valence-electron chi connectivity index (χ0n) is 24.8. The Bertz CT molecular complexity index is 2170. The highest BCUT2D eigenvalue weighted by molar-refractivity contribution is 8.01. The monoisotopic (exact) mass is 609 g/mol. The lowest BCUT2D eigenvalue weighted by Gasteiger charge is -2.43. The lowest BCUT2D eigenvalue weighted by molar-refractivity contribution is 1.04. The third-order valence-electron chi connectivity index (χ3n) is 9.78. The van der Waals surface area contributed by atoms with Crippen LogP contribution in [0, 0.1) is 0 Å². The predicted molar refractivity (Wildman–Crippen MR) is 195 cm³/mol. The van der Waals surface area contributed by atoms with E-state index in [1.54, 1.807) is 0 Å². The summed E-state index contributed by atoms with van der Waals surface area (Å²) in [5.74, 6) is 0. The van der Waals surface area contributed by atoms with E-state index >= 15 is 0 Å². The van der Waals surface area contributed by atoms with Crippen molar-refractivity contribution in [3.63, 3.8) is 0 Å². The van der Waals surface area contributed by atoms with Crippen molar-refractivity contribution in [1.82, 2.24) is 4.57 Å². The second-order valence-electron chi connectivity index (χ2n) is 12.0. The molecule has 0 spiro atoms. The van der Waals surface area contributed by atoms with Crippen LogP contribution in [0.2, 0.25) is 5.54 Å². The molecule has 1 aliphatic heterocycles. The van der Waals surface area contributed by atoms with Gasteiger partial charge in [0.1, 0.15) is 0 Å². The normalized spacial score (nSPS) is 17.3. The Hall–Kier alpha value is -4.83. The van der Waals surface area contributed by atoms with E-state index in [9.17, 15) is 0 Å². The molecule has 9 rings (SSSR count). The molecule has 0 saturated carbocycles. The summed E-state index contributed by atoms with van der Waals surface area (Å²) in [5, 5.41) is 7.26. The minimum Gasteiger partial charge on any atom is -0.309 e. The highest BCUT2D eigenvalue weighted by Gasteiger charge is 2.51. The topological polar surface area (TPSA) is 4.93 Å². The lowest BCUT2D eigenvalue weighted by atomic mass is 9.97. The largest absolute Gasteiger partial charge is 0.309 e. The summed E-state index contributed by atoms with van der Waals surface area (Å²) in [6.45, 7) is 0. The summed E-state index contributed by atoms with van der Waals surface area (Å²) in [5.41, 5.74) is 6.87. The molecule has 1 aliphatic carbocycles. The molecule has 7 aromatic rings. The second kappa shape index (κ2) is 10.7. The van der Waals surface area contributed by atoms with Crippen LogP contribution in [0.4, 0.5) is 0 Å². The molecule has 1 aromatic heterocycles. The molecule has 0 radical (unpaired) electrons. The van der Waals surface area contributed by atoms with E-state index in [0.29, 0.717) is 10.8 Å². The van der Waals surface area contributed by atoms with Gasteiger partial charge in [-0.25, -0.2) is 0 Å². The van der Waals surface area contributed by atoms with Crippen LogP contribution >= 0.6 is 11.8 Å². The summed E-state index contributed by atoms with van der Waals surface area (Å²) in [7, 11) is -2.69. The molecular formula is C42H31NSSi. The predicted octanol–water partition coefficient (Wildman–Crippen LogP) is 8.75. The molecule has 2 heterocycles. The molecule has 1 nitrogen and oxygen atoms in total. The first-order chi connectivity index (χ1) is 22.3. The van der Waals surface area contributed by atoms with Crippen LogP contribution in [-0.2, 0) is 0 Å². The number of nitrogens with zero attached hydrogens (tertiary/aromatic N) is 1. The molecule has 3 heteroatoms. The first-order valence-corrected chi connectivity index (χ1v) is 18.6. The van der Waals surface area contributed by atoms with Crippen molar-refractivity contribution in [2.75, 3.05) is 0 Å². The molecule has 0 saturated heterocycles. The third-order valence-corrected chi connectivity index (χ3v) is 16.7. The van der Waals surface area contributed by atoms with Gasteiger partial charge >= 0.3 is 0 Å². The minimum absolute atomic E-state index is 0.313. The number of thioether (sulfide) groups is 1. The first kappa shape index (κ1) is 26.6. The van der Waals surface area contributed by atoms with Crippen molar-refractivity contribution >= 4 is 62.8 Å². The number of rotatable bonds is 5. The Balaban J connectivity index is 1.34. The van der Waals surface area contributed by atoms with Gasteiger partial charge in [0.2, 0.25) is 0 Å². The highest BCUT2D eigenvalue weighted by atomic mass is 32.2. The fourth-order valence-corrected chi connectivity index (χ4v) is 15.4. The summed E-state index contributed by atoms with van der Waals surface area (Å²) in [4.78, 5) is 1.39. The van der Waals surface area contributed by atoms with Crippen LogP contribution < -0.4 is 15.6 Å². The van der Waals surface area contributed by atoms with Gasteiger partial charge in [0, 0.05) is 32.1 Å². The van der Waals surface area contributed by atoms with E-state index in [2.05, 4.69) is 192 Å². The van der Waals surface area contributed by atoms with Crippen LogP contribution in [0.5, 0.6) is 0 Å². The Morgan fingerprint density at radius 1 is 0.533 bits per heavy atom. The number of allylic oxidation sites excluding steroid dienone is 3. The van der Waals surface area contributed by atoms with E-state index in [1.165, 1.54) is 59.1 Å². The molecule has 0 bridgehead atoms. The first-order valence-electron chi connectivity index (χ1n) is 15.7. The molecule has 2 unspecified atom stereocenters. The van der Waals surface area contributed by atoms with Crippen molar-refractivity contribution in [1.29, 1.82) is 0 Å². The van der Waals surface area contributed by atoms with Gasteiger partial charge in [0.05, 0.1) is 11.0 Å². The summed E-state index contributed by atoms with van der Waals surface area (Å²) < 4.78 is 2.46. The highest BCUT2D eigenvalue weighted by Crippen LogP contribution is 2.53. The van der Waals surface area contributed by atoms with Crippen molar-refractivity contribution in [2.45, 2.75) is 15.7 Å². The maximum atomic E-state index is 2.53. The van der Waals surface area contributed by atoms with Gasteiger partial charge in [0.15, 0.2) is 8.07 Å². The fourth-order valence-electron chi connectivity index (χ4n) is 7.93. The van der Waals surface area contributed by atoms with Crippen molar-refractivity contribution in [3.05, 3.63) is 182 Å². The van der Waals surface area contributed by atoms with Gasteiger partial charge in [-0.15, -0.1) is 11.8 Å². The van der Waals surface area contributed by atoms with Gasteiger partial charge in [-0.1, -0.05) is 146 Å². The summed E-state index contributed by atoms with van der Waals surface area (Å²) in [6, 6.07) is 58.9. The number of aromatic nitrogens is 1. The van der Waals surface area contributed by atoms with Crippen LogP contribution in [0.15, 0.2) is 181 Å². The van der Waals surface area contributed by atoms with Crippen LogP contribution in [0.1, 0.15) is 5.56 Å². The van der Waals surface area contributed by atoms with Gasteiger partial charge in [-0.05, 0) is 57.0 Å². The molecule has 2 atom stereocenters. The smallest absolute Gasteiger partial charge is 0.156 e. The number of fused-ring (bicyclic) bond motifs is 6. The van der Waals surface area contributed by atoms with Crippen molar-refractivity contribution in [3.8, 4) is 5.69 Å². The van der Waals surface area contributed by atoms with Gasteiger partial charge < -0.3 is 4.57 Å². The lowest BCUT2D eigenvalue weighted by Crippen LogP contribution is -2.71. The van der Waals surface area contributed by atoms with E-state index in [0.717, 1.165) is 0 Å². The molecule has 0 amide bonds. The molecule has 2 aliphatic rings. The number of para-hydroxylation sites is 2. The average molecular weight is 610 g/mol. The SMILES string of the molecule is C1=CC([Si](c2ccccc2)(c2ccccc2)c2cccc(-n3c4ccccc4c4ccccc43)c2)C2Sc3ccccc3C2=C1. The molecular weight excluding hydrogens is 579 g/mol. The standard InChI is InChI=1S/C42H31NSSi/c1-3-16-31(17-4-1)45(32-18-5-2-6-19-32,41-28-14-24-37-36-23-9-12-27-40(36)44-42(37)41)33-20-13-15-30(29-33)43-38-25-10-7-21-34(38)35-22-8-11-26-39(35)43/h1-29,41-42H. The van der Waals surface area contributed by atoms with Gasteiger partial charge in [-0.2, -0.15) is 0 Å². The Labute approximate surface area is 269 Å². The molecule has 45 heavy (non-hydrogen) atoms. The number of hydrogen-bond acceptors (Lipinski definition) is 1. The van der Waals surface area contributed by atoms with E-state index < -0.39 is 8.07 Å².